The van der Waals surface area contributed by atoms with Gasteiger partial charge in [0.15, 0.2) is 0 Å². The van der Waals surface area contributed by atoms with Crippen molar-refractivity contribution in [3.8, 4) is 11.5 Å². The van der Waals surface area contributed by atoms with Gasteiger partial charge in [0.05, 0.1) is 19.3 Å². The molecule has 0 saturated heterocycles. The second-order valence-corrected chi connectivity index (χ2v) is 3.83. The number of hydrogen-bond donors (Lipinski definition) is 2. The van der Waals surface area contributed by atoms with Gasteiger partial charge in [-0.2, -0.15) is 0 Å². The topological polar surface area (TPSA) is 68.3 Å². The summed E-state index contributed by atoms with van der Waals surface area (Å²) in [7, 11) is 1.60. The molecule has 0 spiro atoms. The van der Waals surface area contributed by atoms with Gasteiger partial charge in [0.1, 0.15) is 17.3 Å². The second-order valence-electron chi connectivity index (χ2n) is 3.83. The Morgan fingerprint density at radius 3 is 2.71 bits per heavy atom. The third-order valence-electron chi connectivity index (χ3n) is 2.48. The van der Waals surface area contributed by atoms with Crippen molar-refractivity contribution in [1.29, 1.82) is 5.41 Å². The largest absolute Gasteiger partial charge is 0.497 e. The Labute approximate surface area is 102 Å². The Morgan fingerprint density at radius 1 is 1.35 bits per heavy atom. The standard InChI is InChI=1S/C13H20N2O2/c1-3-4-5-8-17-12-9-10(16-2)6-7-11(12)13(14)15/h6-7,9H,3-5,8H2,1-2H3,(H3,14,15). The van der Waals surface area contributed by atoms with E-state index in [0.717, 1.165) is 19.3 Å². The molecule has 17 heavy (non-hydrogen) atoms. The van der Waals surface area contributed by atoms with Crippen molar-refractivity contribution in [3.05, 3.63) is 23.8 Å². The third-order valence-corrected chi connectivity index (χ3v) is 2.48. The number of nitrogen functional groups attached to an aromatic ring is 1. The van der Waals surface area contributed by atoms with Crippen LogP contribution < -0.4 is 15.2 Å². The molecule has 4 heteroatoms. The predicted octanol–water partition coefficient (Wildman–Crippen LogP) is 2.55. The molecule has 4 nitrogen and oxygen atoms in total. The van der Waals surface area contributed by atoms with E-state index in [-0.39, 0.29) is 5.84 Å². The summed E-state index contributed by atoms with van der Waals surface area (Å²) in [5.74, 6) is 1.34. The average Bonchev–Trinajstić information content (AvgIpc) is 2.34. The van der Waals surface area contributed by atoms with Gasteiger partial charge in [-0.3, -0.25) is 5.41 Å². The molecule has 0 aliphatic heterocycles. The summed E-state index contributed by atoms with van der Waals surface area (Å²) in [5.41, 5.74) is 6.11. The van der Waals surface area contributed by atoms with Crippen LogP contribution in [0.1, 0.15) is 31.7 Å². The minimum Gasteiger partial charge on any atom is -0.497 e. The van der Waals surface area contributed by atoms with Gasteiger partial charge in [-0.05, 0) is 18.6 Å². The average molecular weight is 236 g/mol. The van der Waals surface area contributed by atoms with Gasteiger partial charge in [0.2, 0.25) is 0 Å². The maximum Gasteiger partial charge on any atom is 0.133 e. The van der Waals surface area contributed by atoms with E-state index in [9.17, 15) is 0 Å². The molecule has 0 aromatic heterocycles. The lowest BCUT2D eigenvalue weighted by Gasteiger charge is -2.11. The fourth-order valence-electron chi connectivity index (χ4n) is 1.51. The number of nitrogens with one attached hydrogen (secondary N) is 1. The molecule has 1 rings (SSSR count). The van der Waals surface area contributed by atoms with Gasteiger partial charge in [0.25, 0.3) is 0 Å². The van der Waals surface area contributed by atoms with E-state index in [0.29, 0.717) is 23.7 Å². The quantitative estimate of drug-likeness (QED) is 0.434. The fourth-order valence-corrected chi connectivity index (χ4v) is 1.51. The molecule has 0 saturated carbocycles. The highest BCUT2D eigenvalue weighted by Gasteiger charge is 2.08. The number of hydrogen-bond acceptors (Lipinski definition) is 3. The molecule has 0 aliphatic rings. The maximum atomic E-state index is 7.48. The molecule has 0 heterocycles. The van der Waals surface area contributed by atoms with Crippen LogP contribution in [0.25, 0.3) is 0 Å². The van der Waals surface area contributed by atoms with Crippen LogP contribution in [0.15, 0.2) is 18.2 Å². The van der Waals surface area contributed by atoms with E-state index in [4.69, 9.17) is 20.6 Å². The lowest BCUT2D eigenvalue weighted by atomic mass is 10.1. The van der Waals surface area contributed by atoms with Crippen molar-refractivity contribution < 1.29 is 9.47 Å². The van der Waals surface area contributed by atoms with E-state index >= 15 is 0 Å². The minimum atomic E-state index is 0.0122. The maximum absolute atomic E-state index is 7.48. The summed E-state index contributed by atoms with van der Waals surface area (Å²) in [6.07, 6.45) is 3.30. The third kappa shape index (κ3) is 3.98. The van der Waals surface area contributed by atoms with Crippen LogP contribution in [0.2, 0.25) is 0 Å². The molecule has 1 aromatic rings. The lowest BCUT2D eigenvalue weighted by molar-refractivity contribution is 0.303. The zero-order valence-corrected chi connectivity index (χ0v) is 10.5. The smallest absolute Gasteiger partial charge is 0.133 e. The molecule has 0 radical (unpaired) electrons. The first-order valence-electron chi connectivity index (χ1n) is 5.84. The van der Waals surface area contributed by atoms with Crippen molar-refractivity contribution >= 4 is 5.84 Å². The summed E-state index contributed by atoms with van der Waals surface area (Å²) in [6.45, 7) is 2.79. The number of unbranched alkanes of at least 4 members (excludes halogenated alkanes) is 2. The molecule has 0 amide bonds. The molecule has 0 atom stereocenters. The van der Waals surface area contributed by atoms with E-state index < -0.39 is 0 Å². The molecule has 94 valence electrons. The highest BCUT2D eigenvalue weighted by Crippen LogP contribution is 2.24. The Kier molecular flexibility index (Phi) is 5.33. The SMILES string of the molecule is CCCCCOc1cc(OC)ccc1C(=N)N. The Hall–Kier alpha value is -1.71. The zero-order valence-electron chi connectivity index (χ0n) is 10.5. The van der Waals surface area contributed by atoms with Gasteiger partial charge in [0, 0.05) is 6.07 Å². The first-order chi connectivity index (χ1) is 8.19. The molecule has 1 aromatic carbocycles. The van der Waals surface area contributed by atoms with Crippen LogP contribution in [-0.2, 0) is 0 Å². The Bertz CT molecular complexity index is 378. The summed E-state index contributed by atoms with van der Waals surface area (Å²) in [4.78, 5) is 0. The van der Waals surface area contributed by atoms with E-state index in [1.165, 1.54) is 0 Å². The number of methoxy groups -OCH3 is 1. The molecule has 0 bridgehead atoms. The van der Waals surface area contributed by atoms with E-state index in [2.05, 4.69) is 6.92 Å². The van der Waals surface area contributed by atoms with Crippen LogP contribution in [0.3, 0.4) is 0 Å². The number of benzene rings is 1. The van der Waals surface area contributed by atoms with Crippen molar-refractivity contribution in [3.63, 3.8) is 0 Å². The van der Waals surface area contributed by atoms with Crippen LogP contribution in [0, 0.1) is 5.41 Å². The number of ether oxygens (including phenoxy) is 2. The highest BCUT2D eigenvalue weighted by molar-refractivity contribution is 5.97. The molecule has 3 N–H and O–H groups in total. The fraction of sp³-hybridized carbons (Fsp3) is 0.462. The van der Waals surface area contributed by atoms with Crippen molar-refractivity contribution in [2.75, 3.05) is 13.7 Å². The van der Waals surface area contributed by atoms with Crippen LogP contribution in [-0.4, -0.2) is 19.6 Å². The van der Waals surface area contributed by atoms with Crippen molar-refractivity contribution in [2.45, 2.75) is 26.2 Å². The summed E-state index contributed by atoms with van der Waals surface area (Å²) in [6, 6.07) is 5.29. The second kappa shape index (κ2) is 6.78. The number of amidine groups is 1. The summed E-state index contributed by atoms with van der Waals surface area (Å²) < 4.78 is 10.8. The van der Waals surface area contributed by atoms with Gasteiger partial charge in [-0.25, -0.2) is 0 Å². The number of rotatable bonds is 7. The van der Waals surface area contributed by atoms with Crippen molar-refractivity contribution in [1.82, 2.24) is 0 Å². The van der Waals surface area contributed by atoms with Gasteiger partial charge >= 0.3 is 0 Å². The van der Waals surface area contributed by atoms with Gasteiger partial charge in [-0.1, -0.05) is 19.8 Å². The molecular formula is C13H20N2O2. The van der Waals surface area contributed by atoms with Crippen molar-refractivity contribution in [2.24, 2.45) is 5.73 Å². The van der Waals surface area contributed by atoms with Crippen LogP contribution in [0.4, 0.5) is 0 Å². The molecule has 0 aliphatic carbocycles. The monoisotopic (exact) mass is 236 g/mol. The zero-order chi connectivity index (χ0) is 12.7. The van der Waals surface area contributed by atoms with E-state index in [1.54, 1.807) is 25.3 Å². The summed E-state index contributed by atoms with van der Waals surface area (Å²) in [5, 5.41) is 7.48. The highest BCUT2D eigenvalue weighted by atomic mass is 16.5. The summed E-state index contributed by atoms with van der Waals surface area (Å²) >= 11 is 0. The predicted molar refractivity (Wildman–Crippen MR) is 69.0 cm³/mol. The van der Waals surface area contributed by atoms with Crippen LogP contribution in [0.5, 0.6) is 11.5 Å². The first-order valence-corrected chi connectivity index (χ1v) is 5.84. The Balaban J connectivity index is 2.75. The molecular weight excluding hydrogens is 216 g/mol. The first kappa shape index (κ1) is 13.4. The lowest BCUT2D eigenvalue weighted by Crippen LogP contribution is -2.13. The minimum absolute atomic E-state index is 0.0122. The molecule has 0 fully saturated rings. The molecule has 0 unspecified atom stereocenters. The Morgan fingerprint density at radius 2 is 2.12 bits per heavy atom. The number of nitrogens with two attached hydrogens (primary N) is 1. The van der Waals surface area contributed by atoms with Crippen LogP contribution >= 0.6 is 0 Å². The van der Waals surface area contributed by atoms with Gasteiger partial charge < -0.3 is 15.2 Å². The van der Waals surface area contributed by atoms with E-state index in [1.807, 2.05) is 0 Å². The normalized spacial score (nSPS) is 10.0. The van der Waals surface area contributed by atoms with Gasteiger partial charge in [-0.15, -0.1) is 0 Å².